The van der Waals surface area contributed by atoms with Gasteiger partial charge in [0.05, 0.1) is 13.7 Å². The molecule has 0 fully saturated rings. The first-order valence-electron chi connectivity index (χ1n) is 9.41. The van der Waals surface area contributed by atoms with Crippen LogP contribution in [0.1, 0.15) is 21.5 Å². The number of nitrogens with one attached hydrogen (secondary N) is 1. The highest BCUT2D eigenvalue weighted by Gasteiger charge is 2.15. The number of anilines is 1. The van der Waals surface area contributed by atoms with Crippen molar-refractivity contribution in [1.82, 2.24) is 4.90 Å². The van der Waals surface area contributed by atoms with Gasteiger partial charge in [-0.25, -0.2) is 0 Å². The molecule has 0 aliphatic rings. The molecular formula is C25H22N2O3. The van der Waals surface area contributed by atoms with E-state index in [2.05, 4.69) is 17.2 Å². The normalized spacial score (nSPS) is 9.80. The van der Waals surface area contributed by atoms with Crippen molar-refractivity contribution in [3.05, 3.63) is 95.6 Å². The van der Waals surface area contributed by atoms with E-state index in [0.29, 0.717) is 17.0 Å². The van der Waals surface area contributed by atoms with Crippen LogP contribution in [0.5, 0.6) is 5.75 Å². The number of amides is 2. The molecule has 0 spiro atoms. The van der Waals surface area contributed by atoms with E-state index in [0.717, 1.165) is 11.1 Å². The average Bonchev–Trinajstić information content (AvgIpc) is 2.78. The van der Waals surface area contributed by atoms with Crippen LogP contribution < -0.4 is 10.1 Å². The Balaban J connectivity index is 1.58. The zero-order valence-electron chi connectivity index (χ0n) is 16.9. The summed E-state index contributed by atoms with van der Waals surface area (Å²) in [4.78, 5) is 26.3. The molecule has 3 rings (SSSR count). The van der Waals surface area contributed by atoms with Gasteiger partial charge in [-0.15, -0.1) is 0 Å². The molecular weight excluding hydrogens is 376 g/mol. The number of hydrogen-bond acceptors (Lipinski definition) is 3. The predicted octanol–water partition coefficient (Wildman–Crippen LogP) is 3.81. The number of methoxy groups -OCH3 is 1. The largest absolute Gasteiger partial charge is 0.497 e. The summed E-state index contributed by atoms with van der Waals surface area (Å²) in [7, 11) is 3.16. The summed E-state index contributed by atoms with van der Waals surface area (Å²) in [5, 5.41) is 2.76. The second-order valence-electron chi connectivity index (χ2n) is 6.63. The van der Waals surface area contributed by atoms with Gasteiger partial charge in [0.2, 0.25) is 5.91 Å². The van der Waals surface area contributed by atoms with Crippen LogP contribution >= 0.6 is 0 Å². The third-order valence-corrected chi connectivity index (χ3v) is 4.34. The molecule has 1 N–H and O–H groups in total. The van der Waals surface area contributed by atoms with Crippen LogP contribution in [0.15, 0.2) is 78.9 Å². The SMILES string of the molecule is COc1cccc(NC(=O)CN(C)C(=O)c2ccc(C#Cc3ccccc3)cc2)c1. The Morgan fingerprint density at radius 1 is 0.900 bits per heavy atom. The van der Waals surface area contributed by atoms with E-state index in [4.69, 9.17) is 4.74 Å². The Bertz CT molecular complexity index is 1080. The van der Waals surface area contributed by atoms with Crippen molar-refractivity contribution in [3.8, 4) is 17.6 Å². The fraction of sp³-hybridized carbons (Fsp3) is 0.120. The summed E-state index contributed by atoms with van der Waals surface area (Å²) in [5.74, 6) is 6.28. The molecule has 0 unspecified atom stereocenters. The smallest absolute Gasteiger partial charge is 0.254 e. The van der Waals surface area contributed by atoms with Crippen LogP contribution in [-0.2, 0) is 4.79 Å². The molecule has 0 aliphatic carbocycles. The lowest BCUT2D eigenvalue weighted by molar-refractivity contribution is -0.116. The quantitative estimate of drug-likeness (QED) is 0.665. The third-order valence-electron chi connectivity index (χ3n) is 4.34. The minimum atomic E-state index is -0.288. The van der Waals surface area contributed by atoms with E-state index in [9.17, 15) is 9.59 Å². The fourth-order valence-electron chi connectivity index (χ4n) is 2.77. The Labute approximate surface area is 176 Å². The maximum atomic E-state index is 12.6. The van der Waals surface area contributed by atoms with Crippen LogP contribution in [0.2, 0.25) is 0 Å². The van der Waals surface area contributed by atoms with E-state index >= 15 is 0 Å². The molecule has 2 amide bonds. The van der Waals surface area contributed by atoms with Crippen molar-refractivity contribution in [2.24, 2.45) is 0 Å². The topological polar surface area (TPSA) is 58.6 Å². The Morgan fingerprint density at radius 2 is 1.57 bits per heavy atom. The van der Waals surface area contributed by atoms with Gasteiger partial charge in [-0.05, 0) is 48.5 Å². The molecule has 150 valence electrons. The lowest BCUT2D eigenvalue weighted by atomic mass is 10.1. The summed E-state index contributed by atoms with van der Waals surface area (Å²) in [6.07, 6.45) is 0. The second kappa shape index (κ2) is 9.94. The van der Waals surface area contributed by atoms with Crippen LogP contribution in [0.25, 0.3) is 0 Å². The standard InChI is InChI=1S/C25H22N2O3/c1-27(18-24(28)26-22-9-6-10-23(17-22)30-2)25(29)21-15-13-20(14-16-21)12-11-19-7-4-3-5-8-19/h3-10,13-17H,18H2,1-2H3,(H,26,28). The van der Waals surface area contributed by atoms with Crippen LogP contribution in [0.3, 0.4) is 0 Å². The van der Waals surface area contributed by atoms with E-state index in [1.54, 1.807) is 62.7 Å². The van der Waals surface area contributed by atoms with Crippen molar-refractivity contribution in [2.75, 3.05) is 26.0 Å². The molecule has 5 heteroatoms. The summed E-state index contributed by atoms with van der Waals surface area (Å²) >= 11 is 0. The van der Waals surface area contributed by atoms with Gasteiger partial charge >= 0.3 is 0 Å². The molecule has 0 saturated heterocycles. The molecule has 0 aromatic heterocycles. The number of nitrogens with zero attached hydrogens (tertiary/aromatic N) is 1. The maximum Gasteiger partial charge on any atom is 0.254 e. The summed E-state index contributed by atoms with van der Waals surface area (Å²) in [6.45, 7) is -0.0639. The Morgan fingerprint density at radius 3 is 2.23 bits per heavy atom. The summed E-state index contributed by atoms with van der Waals surface area (Å²) in [6, 6.07) is 23.8. The molecule has 0 heterocycles. The van der Waals surface area contributed by atoms with Crippen molar-refractivity contribution in [2.45, 2.75) is 0 Å². The van der Waals surface area contributed by atoms with Gasteiger partial charge in [-0.1, -0.05) is 36.1 Å². The van der Waals surface area contributed by atoms with E-state index < -0.39 is 0 Å². The number of benzene rings is 3. The van der Waals surface area contributed by atoms with Gasteiger partial charge in [0.1, 0.15) is 5.75 Å². The zero-order chi connectivity index (χ0) is 21.3. The second-order valence-corrected chi connectivity index (χ2v) is 6.63. The lowest BCUT2D eigenvalue weighted by Crippen LogP contribution is -2.34. The van der Waals surface area contributed by atoms with Gasteiger partial charge in [0.15, 0.2) is 0 Å². The monoisotopic (exact) mass is 398 g/mol. The maximum absolute atomic E-state index is 12.6. The molecule has 0 aliphatic heterocycles. The van der Waals surface area contributed by atoms with Gasteiger partial charge in [-0.2, -0.15) is 0 Å². The fourth-order valence-corrected chi connectivity index (χ4v) is 2.77. The molecule has 0 bridgehead atoms. The molecule has 3 aromatic carbocycles. The molecule has 5 nitrogen and oxygen atoms in total. The van der Waals surface area contributed by atoms with Crippen LogP contribution in [-0.4, -0.2) is 37.4 Å². The van der Waals surface area contributed by atoms with E-state index in [1.165, 1.54) is 4.90 Å². The highest BCUT2D eigenvalue weighted by Crippen LogP contribution is 2.16. The van der Waals surface area contributed by atoms with Crippen molar-refractivity contribution >= 4 is 17.5 Å². The van der Waals surface area contributed by atoms with Crippen molar-refractivity contribution < 1.29 is 14.3 Å². The third kappa shape index (κ3) is 5.73. The first-order chi connectivity index (χ1) is 14.5. The van der Waals surface area contributed by atoms with Gasteiger partial charge in [-0.3, -0.25) is 9.59 Å². The predicted molar refractivity (Wildman–Crippen MR) is 117 cm³/mol. The zero-order valence-corrected chi connectivity index (χ0v) is 16.9. The van der Waals surface area contributed by atoms with E-state index in [-0.39, 0.29) is 18.4 Å². The Kier molecular flexibility index (Phi) is 6.86. The lowest BCUT2D eigenvalue weighted by Gasteiger charge is -2.17. The number of carbonyl (C=O) groups excluding carboxylic acids is 2. The number of rotatable bonds is 5. The van der Waals surface area contributed by atoms with Gasteiger partial charge in [0.25, 0.3) is 5.91 Å². The Hall–Kier alpha value is -4.04. The summed E-state index contributed by atoms with van der Waals surface area (Å²) in [5.41, 5.74) is 2.85. The van der Waals surface area contributed by atoms with Crippen molar-refractivity contribution in [1.29, 1.82) is 0 Å². The van der Waals surface area contributed by atoms with Gasteiger partial charge < -0.3 is 15.0 Å². The minimum Gasteiger partial charge on any atom is -0.497 e. The van der Waals surface area contributed by atoms with Crippen LogP contribution in [0.4, 0.5) is 5.69 Å². The number of ether oxygens (including phenoxy) is 1. The van der Waals surface area contributed by atoms with Crippen LogP contribution in [0, 0.1) is 11.8 Å². The highest BCUT2D eigenvalue weighted by molar-refractivity contribution is 5.99. The van der Waals surface area contributed by atoms with E-state index in [1.807, 2.05) is 30.3 Å². The molecule has 0 atom stereocenters. The average molecular weight is 398 g/mol. The number of likely N-dealkylation sites (N-methyl/N-ethyl adjacent to an activating group) is 1. The molecule has 3 aromatic rings. The summed E-state index contributed by atoms with van der Waals surface area (Å²) < 4.78 is 5.14. The number of hydrogen-bond donors (Lipinski definition) is 1. The van der Waals surface area contributed by atoms with Gasteiger partial charge in [0, 0.05) is 35.5 Å². The minimum absolute atomic E-state index is 0.0639. The molecule has 0 radical (unpaired) electrons. The molecule has 30 heavy (non-hydrogen) atoms. The number of carbonyl (C=O) groups is 2. The first kappa shape index (κ1) is 20.7. The highest BCUT2D eigenvalue weighted by atomic mass is 16.5. The van der Waals surface area contributed by atoms with Crippen molar-refractivity contribution in [3.63, 3.8) is 0 Å². The first-order valence-corrected chi connectivity index (χ1v) is 9.41. The molecule has 0 saturated carbocycles.